The number of hydrogen-bond donors (Lipinski definition) is 0. The van der Waals surface area contributed by atoms with Crippen LogP contribution < -0.4 is 0 Å². The second-order valence-electron chi connectivity index (χ2n) is 5.30. The van der Waals surface area contributed by atoms with Crippen LogP contribution in [0.1, 0.15) is 43.2 Å². The monoisotopic (exact) mass is 306 g/mol. The summed E-state index contributed by atoms with van der Waals surface area (Å²) >= 11 is 6.00. The van der Waals surface area contributed by atoms with Crippen molar-refractivity contribution in [1.29, 1.82) is 0 Å². The molecule has 0 unspecified atom stereocenters. The molecule has 3 rings (SSSR count). The van der Waals surface area contributed by atoms with Crippen LogP contribution in [0.15, 0.2) is 28.7 Å². The van der Waals surface area contributed by atoms with Crippen LogP contribution in [0.2, 0.25) is 5.02 Å². The molecule has 1 fully saturated rings. The largest absolute Gasteiger partial charge is 0.452 e. The molecule has 2 aromatic rings. The van der Waals surface area contributed by atoms with Gasteiger partial charge in [-0.2, -0.15) is 0 Å². The Kier molecular flexibility index (Phi) is 3.45. The quantitative estimate of drug-likeness (QED) is 0.810. The third-order valence-electron chi connectivity index (χ3n) is 3.69. The lowest BCUT2D eigenvalue weighted by Gasteiger charge is -2.17. The van der Waals surface area contributed by atoms with Crippen LogP contribution in [0.3, 0.4) is 0 Å². The fourth-order valence-electron chi connectivity index (χ4n) is 2.32. The standard InChI is InChI=1S/C15H15ClN2O3/c1-9(13-18-17-10(2)21-13)20-14(19)15(6-7-15)11-4-3-5-12(16)8-11/h3-5,8-9H,6-7H2,1-2H3/t9-/m1/s1. The van der Waals surface area contributed by atoms with Crippen LogP contribution in [-0.4, -0.2) is 16.2 Å². The average molecular weight is 307 g/mol. The fourth-order valence-corrected chi connectivity index (χ4v) is 2.51. The summed E-state index contributed by atoms with van der Waals surface area (Å²) < 4.78 is 10.8. The van der Waals surface area contributed by atoms with Crippen molar-refractivity contribution in [3.8, 4) is 0 Å². The first-order valence-electron chi connectivity index (χ1n) is 6.78. The van der Waals surface area contributed by atoms with Crippen molar-refractivity contribution in [2.24, 2.45) is 0 Å². The molecule has 0 spiro atoms. The van der Waals surface area contributed by atoms with E-state index in [-0.39, 0.29) is 5.97 Å². The zero-order chi connectivity index (χ0) is 15.0. The van der Waals surface area contributed by atoms with Crippen molar-refractivity contribution < 1.29 is 13.9 Å². The fraction of sp³-hybridized carbons (Fsp3) is 0.400. The Bertz CT molecular complexity index is 679. The van der Waals surface area contributed by atoms with Gasteiger partial charge in [-0.05, 0) is 37.5 Å². The van der Waals surface area contributed by atoms with E-state index in [2.05, 4.69) is 10.2 Å². The van der Waals surface area contributed by atoms with E-state index in [1.54, 1.807) is 19.9 Å². The van der Waals surface area contributed by atoms with Gasteiger partial charge in [0.25, 0.3) is 5.89 Å². The highest BCUT2D eigenvalue weighted by atomic mass is 35.5. The number of halogens is 1. The molecule has 1 heterocycles. The molecule has 0 aliphatic heterocycles. The predicted octanol–water partition coefficient (Wildman–Crippen LogP) is 3.37. The second kappa shape index (κ2) is 5.15. The zero-order valence-corrected chi connectivity index (χ0v) is 12.6. The highest BCUT2D eigenvalue weighted by Gasteiger charge is 2.53. The summed E-state index contributed by atoms with van der Waals surface area (Å²) in [7, 11) is 0. The van der Waals surface area contributed by atoms with E-state index >= 15 is 0 Å². The maximum absolute atomic E-state index is 12.5. The van der Waals surface area contributed by atoms with E-state index in [9.17, 15) is 4.79 Å². The summed E-state index contributed by atoms with van der Waals surface area (Å²) in [4.78, 5) is 12.5. The number of carbonyl (C=O) groups is 1. The summed E-state index contributed by atoms with van der Waals surface area (Å²) in [6.07, 6.45) is 0.971. The van der Waals surface area contributed by atoms with Gasteiger partial charge in [-0.25, -0.2) is 0 Å². The number of carbonyl (C=O) groups excluding carboxylic acids is 1. The number of hydrogen-bond acceptors (Lipinski definition) is 5. The zero-order valence-electron chi connectivity index (χ0n) is 11.8. The molecule has 1 aliphatic rings. The van der Waals surface area contributed by atoms with Crippen molar-refractivity contribution in [3.63, 3.8) is 0 Å². The Balaban J connectivity index is 1.76. The molecule has 1 aromatic carbocycles. The van der Waals surface area contributed by atoms with E-state index in [1.165, 1.54) is 0 Å². The van der Waals surface area contributed by atoms with E-state index in [1.807, 2.05) is 18.2 Å². The van der Waals surface area contributed by atoms with E-state index in [0.717, 1.165) is 18.4 Å². The van der Waals surface area contributed by atoms with Gasteiger partial charge in [0, 0.05) is 11.9 Å². The highest BCUT2D eigenvalue weighted by Crippen LogP contribution is 2.50. The van der Waals surface area contributed by atoms with E-state index in [0.29, 0.717) is 16.8 Å². The van der Waals surface area contributed by atoms with Gasteiger partial charge in [0.1, 0.15) is 0 Å². The lowest BCUT2D eigenvalue weighted by atomic mass is 9.96. The van der Waals surface area contributed by atoms with Gasteiger partial charge in [0.2, 0.25) is 5.89 Å². The molecule has 0 saturated heterocycles. The van der Waals surface area contributed by atoms with E-state index in [4.69, 9.17) is 20.8 Å². The van der Waals surface area contributed by atoms with Crippen molar-refractivity contribution >= 4 is 17.6 Å². The molecule has 110 valence electrons. The van der Waals surface area contributed by atoms with Gasteiger partial charge < -0.3 is 9.15 Å². The minimum Gasteiger partial charge on any atom is -0.452 e. The van der Waals surface area contributed by atoms with Gasteiger partial charge >= 0.3 is 5.97 Å². The van der Waals surface area contributed by atoms with Crippen molar-refractivity contribution in [2.45, 2.75) is 38.2 Å². The first-order valence-corrected chi connectivity index (χ1v) is 7.16. The Morgan fingerprint density at radius 3 is 2.76 bits per heavy atom. The molecule has 0 N–H and O–H groups in total. The highest BCUT2D eigenvalue weighted by molar-refractivity contribution is 6.30. The van der Waals surface area contributed by atoms with Crippen LogP contribution in [0.4, 0.5) is 0 Å². The summed E-state index contributed by atoms with van der Waals surface area (Å²) in [6, 6.07) is 7.35. The Morgan fingerprint density at radius 2 is 2.19 bits per heavy atom. The average Bonchev–Trinajstić information content (AvgIpc) is 3.15. The maximum Gasteiger partial charge on any atom is 0.317 e. The number of aryl methyl sites for hydroxylation is 1. The Labute approximate surface area is 127 Å². The normalized spacial score (nSPS) is 17.3. The van der Waals surface area contributed by atoms with Crippen LogP contribution in [-0.2, 0) is 14.9 Å². The molecule has 0 amide bonds. The van der Waals surface area contributed by atoms with E-state index < -0.39 is 11.5 Å². The lowest BCUT2D eigenvalue weighted by Crippen LogP contribution is -2.24. The first kappa shape index (κ1) is 14.1. The minimum atomic E-state index is -0.575. The van der Waals surface area contributed by atoms with Gasteiger partial charge in [0.15, 0.2) is 6.10 Å². The van der Waals surface area contributed by atoms with Gasteiger partial charge in [-0.15, -0.1) is 10.2 Å². The predicted molar refractivity (Wildman–Crippen MR) is 75.9 cm³/mol. The minimum absolute atomic E-state index is 0.270. The number of ether oxygens (including phenoxy) is 1. The van der Waals surface area contributed by atoms with Crippen LogP contribution in [0, 0.1) is 6.92 Å². The summed E-state index contributed by atoms with van der Waals surface area (Å²) in [6.45, 7) is 3.41. The SMILES string of the molecule is Cc1nnc([C@@H](C)OC(=O)C2(c3cccc(Cl)c3)CC2)o1. The van der Waals surface area contributed by atoms with Crippen molar-refractivity contribution in [3.05, 3.63) is 46.6 Å². The number of benzene rings is 1. The first-order chi connectivity index (χ1) is 10.0. The molecular formula is C15H15ClN2O3. The lowest BCUT2D eigenvalue weighted by molar-refractivity contribution is -0.152. The topological polar surface area (TPSA) is 65.2 Å². The van der Waals surface area contributed by atoms with Crippen LogP contribution in [0.25, 0.3) is 0 Å². The smallest absolute Gasteiger partial charge is 0.317 e. The summed E-state index contributed by atoms with van der Waals surface area (Å²) in [5.41, 5.74) is 0.322. The van der Waals surface area contributed by atoms with Gasteiger partial charge in [-0.3, -0.25) is 4.79 Å². The molecular weight excluding hydrogens is 292 g/mol. The summed E-state index contributed by atoms with van der Waals surface area (Å²) in [5, 5.41) is 8.23. The number of aromatic nitrogens is 2. The third-order valence-corrected chi connectivity index (χ3v) is 3.93. The number of esters is 1. The number of rotatable bonds is 4. The Morgan fingerprint density at radius 1 is 1.43 bits per heavy atom. The molecule has 0 bridgehead atoms. The van der Waals surface area contributed by atoms with Crippen LogP contribution in [0.5, 0.6) is 0 Å². The maximum atomic E-state index is 12.5. The Hall–Kier alpha value is -1.88. The summed E-state index contributed by atoms with van der Waals surface area (Å²) in [5.74, 6) is 0.486. The molecule has 1 atom stereocenters. The molecule has 1 aromatic heterocycles. The third kappa shape index (κ3) is 2.65. The van der Waals surface area contributed by atoms with Gasteiger partial charge in [-0.1, -0.05) is 23.7 Å². The molecule has 5 nitrogen and oxygen atoms in total. The molecule has 6 heteroatoms. The molecule has 1 saturated carbocycles. The number of nitrogens with zero attached hydrogens (tertiary/aromatic N) is 2. The molecule has 1 aliphatic carbocycles. The molecule has 21 heavy (non-hydrogen) atoms. The van der Waals surface area contributed by atoms with Gasteiger partial charge in [0.05, 0.1) is 5.41 Å². The van der Waals surface area contributed by atoms with Crippen molar-refractivity contribution in [2.75, 3.05) is 0 Å². The van der Waals surface area contributed by atoms with Crippen LogP contribution >= 0.6 is 11.6 Å². The van der Waals surface area contributed by atoms with Crippen molar-refractivity contribution in [1.82, 2.24) is 10.2 Å². The second-order valence-corrected chi connectivity index (χ2v) is 5.74. The molecule has 0 radical (unpaired) electrons.